The molecule has 0 aromatic carbocycles. The molecule has 0 bridgehead atoms. The Morgan fingerprint density at radius 2 is 2.10 bits per heavy atom. The van der Waals surface area contributed by atoms with Crippen molar-refractivity contribution in [3.05, 3.63) is 29.5 Å². The van der Waals surface area contributed by atoms with Crippen molar-refractivity contribution in [1.29, 1.82) is 0 Å². The van der Waals surface area contributed by atoms with Gasteiger partial charge in [0.2, 0.25) is 0 Å². The second-order valence-corrected chi connectivity index (χ2v) is 5.60. The zero-order valence-corrected chi connectivity index (χ0v) is 13.1. The molecule has 2 aromatic heterocycles. The third kappa shape index (κ3) is 2.93. The average molecular weight is 275 g/mol. The van der Waals surface area contributed by atoms with Gasteiger partial charge in [0, 0.05) is 38.0 Å². The number of nitrogens with zero attached hydrogens (tertiary/aromatic N) is 4. The van der Waals surface area contributed by atoms with Gasteiger partial charge in [0.15, 0.2) is 0 Å². The second-order valence-electron chi connectivity index (χ2n) is 5.60. The van der Waals surface area contributed by atoms with Crippen molar-refractivity contribution in [1.82, 2.24) is 24.6 Å². The first-order valence-corrected chi connectivity index (χ1v) is 7.30. The van der Waals surface area contributed by atoms with Crippen molar-refractivity contribution >= 4 is 0 Å². The summed E-state index contributed by atoms with van der Waals surface area (Å²) in [6, 6.07) is 0. The Morgan fingerprint density at radius 3 is 2.75 bits per heavy atom. The van der Waals surface area contributed by atoms with Crippen LogP contribution in [0.2, 0.25) is 0 Å². The molecule has 0 spiro atoms. The van der Waals surface area contributed by atoms with Gasteiger partial charge in [-0.25, -0.2) is 4.98 Å². The Balaban J connectivity index is 2.33. The summed E-state index contributed by atoms with van der Waals surface area (Å²) in [5.74, 6) is 2.83. The summed E-state index contributed by atoms with van der Waals surface area (Å²) in [6.45, 7) is 10.5. The van der Waals surface area contributed by atoms with E-state index in [1.54, 1.807) is 0 Å². The van der Waals surface area contributed by atoms with Crippen molar-refractivity contribution in [3.63, 3.8) is 0 Å². The largest absolute Gasteiger partial charge is 0.312 e. The number of imidazole rings is 1. The van der Waals surface area contributed by atoms with Gasteiger partial charge in [0.05, 0.1) is 5.69 Å². The lowest BCUT2D eigenvalue weighted by Gasteiger charge is -2.12. The van der Waals surface area contributed by atoms with Gasteiger partial charge >= 0.3 is 0 Å². The normalized spacial score (nSPS) is 11.5. The van der Waals surface area contributed by atoms with E-state index in [1.807, 2.05) is 24.1 Å². The minimum atomic E-state index is 0.648. The van der Waals surface area contributed by atoms with Crippen LogP contribution in [0.3, 0.4) is 0 Å². The van der Waals surface area contributed by atoms with Crippen LogP contribution in [0.15, 0.2) is 12.4 Å². The minimum absolute atomic E-state index is 0.648. The fourth-order valence-electron chi connectivity index (χ4n) is 2.47. The molecule has 2 heterocycles. The smallest absolute Gasteiger partial charge is 0.140 e. The van der Waals surface area contributed by atoms with Crippen LogP contribution in [0.25, 0.3) is 5.82 Å². The maximum Gasteiger partial charge on any atom is 0.140 e. The third-order valence-electron chi connectivity index (χ3n) is 3.43. The van der Waals surface area contributed by atoms with E-state index in [4.69, 9.17) is 0 Å². The molecular formula is C15H25N5. The molecule has 0 aliphatic carbocycles. The molecular weight excluding hydrogens is 250 g/mol. The van der Waals surface area contributed by atoms with Crippen molar-refractivity contribution in [3.8, 4) is 5.82 Å². The van der Waals surface area contributed by atoms with Gasteiger partial charge in [-0.15, -0.1) is 0 Å². The van der Waals surface area contributed by atoms with Gasteiger partial charge < -0.3 is 5.32 Å². The Morgan fingerprint density at radius 1 is 1.35 bits per heavy atom. The van der Waals surface area contributed by atoms with Gasteiger partial charge in [-0.2, -0.15) is 5.10 Å². The molecule has 5 nitrogen and oxygen atoms in total. The molecule has 20 heavy (non-hydrogen) atoms. The lowest BCUT2D eigenvalue weighted by molar-refractivity contribution is 0.550. The van der Waals surface area contributed by atoms with E-state index in [1.165, 1.54) is 5.56 Å². The standard InChI is InChI=1S/C15H25N5/c1-6-14-17-7-8-20(14)15-13(10-16-9-11(2)3)12(4)18-19(15)5/h7-8,11,16H,6,9-10H2,1-5H3. The van der Waals surface area contributed by atoms with E-state index in [9.17, 15) is 0 Å². The lowest BCUT2D eigenvalue weighted by atomic mass is 10.2. The number of hydrogen-bond donors (Lipinski definition) is 1. The highest BCUT2D eigenvalue weighted by Gasteiger charge is 2.16. The van der Waals surface area contributed by atoms with Crippen LogP contribution in [0.1, 0.15) is 37.9 Å². The third-order valence-corrected chi connectivity index (χ3v) is 3.43. The zero-order valence-electron chi connectivity index (χ0n) is 13.1. The topological polar surface area (TPSA) is 47.7 Å². The molecule has 0 aliphatic heterocycles. The van der Waals surface area contributed by atoms with Crippen LogP contribution in [0.4, 0.5) is 0 Å². The van der Waals surface area contributed by atoms with Gasteiger partial charge in [0.25, 0.3) is 0 Å². The van der Waals surface area contributed by atoms with E-state index < -0.39 is 0 Å². The van der Waals surface area contributed by atoms with E-state index in [0.29, 0.717) is 5.92 Å². The highest BCUT2D eigenvalue weighted by molar-refractivity contribution is 5.39. The SMILES string of the molecule is CCc1nccn1-c1c(CNCC(C)C)c(C)nn1C. The number of hydrogen-bond acceptors (Lipinski definition) is 3. The van der Waals surface area contributed by atoms with Crippen LogP contribution >= 0.6 is 0 Å². The van der Waals surface area contributed by atoms with Gasteiger partial charge in [-0.05, 0) is 19.4 Å². The minimum Gasteiger partial charge on any atom is -0.312 e. The van der Waals surface area contributed by atoms with Crippen LogP contribution in [-0.2, 0) is 20.0 Å². The number of aryl methyl sites for hydroxylation is 3. The summed E-state index contributed by atoms with van der Waals surface area (Å²) >= 11 is 0. The predicted octanol–water partition coefficient (Wildman–Crippen LogP) is 2.22. The number of rotatable bonds is 6. The Kier molecular flexibility index (Phi) is 4.60. The molecule has 0 saturated carbocycles. The fraction of sp³-hybridized carbons (Fsp3) is 0.600. The number of nitrogens with one attached hydrogen (secondary N) is 1. The quantitative estimate of drug-likeness (QED) is 0.879. The van der Waals surface area contributed by atoms with E-state index in [0.717, 1.165) is 36.8 Å². The molecule has 0 radical (unpaired) electrons. The molecule has 0 amide bonds. The summed E-state index contributed by atoms with van der Waals surface area (Å²) in [4.78, 5) is 4.41. The van der Waals surface area contributed by atoms with E-state index >= 15 is 0 Å². The number of aromatic nitrogens is 4. The monoisotopic (exact) mass is 275 g/mol. The molecule has 0 aliphatic rings. The van der Waals surface area contributed by atoms with Gasteiger partial charge in [-0.3, -0.25) is 9.25 Å². The van der Waals surface area contributed by atoms with Crippen LogP contribution in [0, 0.1) is 12.8 Å². The maximum absolute atomic E-state index is 4.57. The van der Waals surface area contributed by atoms with Crippen molar-refractivity contribution in [2.45, 2.75) is 40.7 Å². The Labute approximate surface area is 121 Å². The average Bonchev–Trinajstić information content (AvgIpc) is 2.94. The highest BCUT2D eigenvalue weighted by atomic mass is 15.3. The van der Waals surface area contributed by atoms with E-state index in [-0.39, 0.29) is 0 Å². The predicted molar refractivity (Wildman–Crippen MR) is 81.0 cm³/mol. The van der Waals surface area contributed by atoms with Crippen molar-refractivity contribution < 1.29 is 0 Å². The molecule has 5 heteroatoms. The Hall–Kier alpha value is -1.62. The van der Waals surface area contributed by atoms with Gasteiger partial charge in [-0.1, -0.05) is 20.8 Å². The summed E-state index contributed by atoms with van der Waals surface area (Å²) in [7, 11) is 1.99. The molecule has 0 atom stereocenters. The molecule has 110 valence electrons. The summed E-state index contributed by atoms with van der Waals surface area (Å²) in [5.41, 5.74) is 2.33. The van der Waals surface area contributed by atoms with Crippen LogP contribution in [-0.4, -0.2) is 25.9 Å². The zero-order chi connectivity index (χ0) is 14.7. The molecule has 2 aromatic rings. The lowest BCUT2D eigenvalue weighted by Crippen LogP contribution is -2.20. The van der Waals surface area contributed by atoms with Gasteiger partial charge in [0.1, 0.15) is 11.6 Å². The molecule has 2 rings (SSSR count). The van der Waals surface area contributed by atoms with Crippen molar-refractivity contribution in [2.24, 2.45) is 13.0 Å². The summed E-state index contributed by atoms with van der Waals surface area (Å²) in [6.07, 6.45) is 4.78. The Bertz CT molecular complexity index is 565. The first-order chi connectivity index (χ1) is 9.54. The summed E-state index contributed by atoms with van der Waals surface area (Å²) < 4.78 is 4.09. The van der Waals surface area contributed by atoms with Crippen molar-refractivity contribution in [2.75, 3.05) is 6.54 Å². The molecule has 1 N–H and O–H groups in total. The summed E-state index contributed by atoms with van der Waals surface area (Å²) in [5, 5.41) is 8.08. The first-order valence-electron chi connectivity index (χ1n) is 7.30. The maximum atomic E-state index is 4.57. The van der Waals surface area contributed by atoms with E-state index in [2.05, 4.69) is 47.7 Å². The molecule has 0 saturated heterocycles. The fourth-order valence-corrected chi connectivity index (χ4v) is 2.47. The van der Waals surface area contributed by atoms with Crippen LogP contribution in [0.5, 0.6) is 0 Å². The molecule has 0 unspecified atom stereocenters. The second kappa shape index (κ2) is 6.22. The first kappa shape index (κ1) is 14.8. The highest BCUT2D eigenvalue weighted by Crippen LogP contribution is 2.19. The van der Waals surface area contributed by atoms with Crippen LogP contribution < -0.4 is 5.32 Å². The molecule has 0 fully saturated rings.